The van der Waals surface area contributed by atoms with Gasteiger partial charge in [-0.15, -0.1) is 0 Å². The zero-order valence-electron chi connectivity index (χ0n) is 9.86. The molecule has 1 fully saturated rings. The van der Waals surface area contributed by atoms with E-state index < -0.39 is 5.41 Å². The predicted molar refractivity (Wildman–Crippen MR) is 60.9 cm³/mol. The molecule has 0 bridgehead atoms. The van der Waals surface area contributed by atoms with Gasteiger partial charge in [-0.1, -0.05) is 12.1 Å². The van der Waals surface area contributed by atoms with Crippen molar-refractivity contribution < 1.29 is 19.1 Å². The highest BCUT2D eigenvalue weighted by Gasteiger charge is 2.52. The van der Waals surface area contributed by atoms with Crippen molar-refractivity contribution in [2.45, 2.75) is 18.3 Å². The third-order valence-electron chi connectivity index (χ3n) is 3.20. The van der Waals surface area contributed by atoms with Gasteiger partial charge in [0, 0.05) is 12.8 Å². The summed E-state index contributed by atoms with van der Waals surface area (Å²) in [4.78, 5) is 23.1. The van der Waals surface area contributed by atoms with Gasteiger partial charge in [0.05, 0.1) is 14.2 Å². The highest BCUT2D eigenvalue weighted by atomic mass is 16.5. The van der Waals surface area contributed by atoms with Crippen LogP contribution in [-0.4, -0.2) is 26.0 Å². The molecule has 0 saturated heterocycles. The summed E-state index contributed by atoms with van der Waals surface area (Å²) in [5, 5.41) is 0. The van der Waals surface area contributed by atoms with Gasteiger partial charge in [0.1, 0.15) is 16.9 Å². The molecule has 1 aliphatic carbocycles. The normalized spacial score (nSPS) is 17.2. The van der Waals surface area contributed by atoms with Crippen molar-refractivity contribution in [1.82, 2.24) is 0 Å². The van der Waals surface area contributed by atoms with E-state index in [0.717, 1.165) is 5.56 Å². The summed E-state index contributed by atoms with van der Waals surface area (Å²) in [5.41, 5.74) is -0.0244. The van der Waals surface area contributed by atoms with Gasteiger partial charge in [-0.3, -0.25) is 9.59 Å². The molecule has 0 radical (unpaired) electrons. The molecule has 0 unspecified atom stereocenters. The van der Waals surface area contributed by atoms with Crippen molar-refractivity contribution in [3.05, 3.63) is 29.8 Å². The third kappa shape index (κ3) is 1.79. The molecule has 4 nitrogen and oxygen atoms in total. The number of carbonyl (C=O) groups excluding carboxylic acids is 2. The first-order valence-electron chi connectivity index (χ1n) is 5.37. The van der Waals surface area contributed by atoms with Crippen LogP contribution in [0.25, 0.3) is 0 Å². The zero-order valence-corrected chi connectivity index (χ0v) is 9.86. The van der Waals surface area contributed by atoms with E-state index in [2.05, 4.69) is 0 Å². The quantitative estimate of drug-likeness (QED) is 0.743. The lowest BCUT2D eigenvalue weighted by Gasteiger charge is -2.37. The largest absolute Gasteiger partial charge is 0.497 e. The maximum atomic E-state index is 11.8. The molecule has 1 aliphatic rings. The fraction of sp³-hybridized carbons (Fsp3) is 0.385. The molecule has 0 atom stereocenters. The average Bonchev–Trinajstić information content (AvgIpc) is 2.33. The Hall–Kier alpha value is -1.84. The molecular formula is C13H14O4. The molecule has 4 heteroatoms. The maximum absolute atomic E-state index is 11.8. The molecule has 0 spiro atoms. The van der Waals surface area contributed by atoms with Crippen molar-refractivity contribution in [1.29, 1.82) is 0 Å². The molecule has 1 aromatic rings. The summed E-state index contributed by atoms with van der Waals surface area (Å²) in [5.74, 6) is 0.397. The Labute approximate surface area is 99.5 Å². The van der Waals surface area contributed by atoms with Gasteiger partial charge in [-0.2, -0.15) is 0 Å². The van der Waals surface area contributed by atoms with Crippen LogP contribution in [0.4, 0.5) is 0 Å². The van der Waals surface area contributed by atoms with E-state index in [1.165, 1.54) is 7.11 Å². The number of esters is 1. The number of carbonyl (C=O) groups is 2. The second-order valence-corrected chi connectivity index (χ2v) is 4.20. The van der Waals surface area contributed by atoms with Crippen LogP contribution in [0, 0.1) is 0 Å². The topological polar surface area (TPSA) is 52.6 Å². The highest BCUT2D eigenvalue weighted by Crippen LogP contribution is 2.43. The second-order valence-electron chi connectivity index (χ2n) is 4.20. The predicted octanol–water partition coefficient (Wildman–Crippen LogP) is 1.47. The number of benzene rings is 1. The molecule has 90 valence electrons. The number of hydrogen-bond donors (Lipinski definition) is 0. The van der Waals surface area contributed by atoms with Gasteiger partial charge >= 0.3 is 5.97 Å². The van der Waals surface area contributed by atoms with Crippen LogP contribution >= 0.6 is 0 Å². The van der Waals surface area contributed by atoms with E-state index in [0.29, 0.717) is 5.75 Å². The Balaban J connectivity index is 2.40. The Bertz CT molecular complexity index is 456. The van der Waals surface area contributed by atoms with E-state index in [-0.39, 0.29) is 24.6 Å². The van der Waals surface area contributed by atoms with E-state index in [9.17, 15) is 9.59 Å². The summed E-state index contributed by atoms with van der Waals surface area (Å²) in [6.07, 6.45) is 0.430. The van der Waals surface area contributed by atoms with Crippen molar-refractivity contribution in [2.24, 2.45) is 0 Å². The van der Waals surface area contributed by atoms with Gasteiger partial charge < -0.3 is 9.47 Å². The molecule has 1 saturated carbocycles. The molecule has 17 heavy (non-hydrogen) atoms. The molecule has 2 rings (SSSR count). The Morgan fingerprint density at radius 2 is 2.00 bits per heavy atom. The monoisotopic (exact) mass is 234 g/mol. The number of methoxy groups -OCH3 is 2. The van der Waals surface area contributed by atoms with Gasteiger partial charge in [0.25, 0.3) is 0 Å². The molecule has 0 heterocycles. The smallest absolute Gasteiger partial charge is 0.317 e. The van der Waals surface area contributed by atoms with Crippen molar-refractivity contribution in [3.8, 4) is 5.75 Å². The zero-order chi connectivity index (χ0) is 12.5. The minimum absolute atomic E-state index is 0.0817. The summed E-state index contributed by atoms with van der Waals surface area (Å²) >= 11 is 0. The Kier molecular flexibility index (Phi) is 2.88. The van der Waals surface area contributed by atoms with Gasteiger partial charge in [-0.25, -0.2) is 0 Å². The van der Waals surface area contributed by atoms with Crippen molar-refractivity contribution in [2.75, 3.05) is 14.2 Å². The number of ether oxygens (including phenoxy) is 2. The van der Waals surface area contributed by atoms with Crippen LogP contribution in [-0.2, 0) is 19.7 Å². The van der Waals surface area contributed by atoms with Crippen LogP contribution in [0.2, 0.25) is 0 Å². The van der Waals surface area contributed by atoms with Crippen LogP contribution in [0.5, 0.6) is 5.75 Å². The first kappa shape index (κ1) is 11.6. The lowest BCUT2D eigenvalue weighted by molar-refractivity contribution is -0.156. The Morgan fingerprint density at radius 1 is 1.29 bits per heavy atom. The average molecular weight is 234 g/mol. The minimum atomic E-state index is -0.805. The lowest BCUT2D eigenvalue weighted by Crippen LogP contribution is -2.48. The van der Waals surface area contributed by atoms with Crippen LogP contribution in [0.1, 0.15) is 18.4 Å². The van der Waals surface area contributed by atoms with Gasteiger partial charge in [0.15, 0.2) is 0 Å². The number of Topliss-reactive ketones (excluding diaryl/α,β-unsaturated/α-hetero) is 1. The first-order valence-corrected chi connectivity index (χ1v) is 5.37. The molecule has 0 N–H and O–H groups in total. The van der Waals surface area contributed by atoms with E-state index >= 15 is 0 Å². The SMILES string of the molecule is COC(=O)C1(c2cccc(OC)c2)CC(=O)C1. The fourth-order valence-electron chi connectivity index (χ4n) is 2.20. The van der Waals surface area contributed by atoms with Crippen molar-refractivity contribution >= 4 is 11.8 Å². The Morgan fingerprint density at radius 3 is 2.53 bits per heavy atom. The third-order valence-corrected chi connectivity index (χ3v) is 3.20. The summed E-state index contributed by atoms with van der Waals surface area (Å²) in [6, 6.07) is 7.21. The first-order chi connectivity index (χ1) is 8.12. The highest BCUT2D eigenvalue weighted by molar-refractivity contribution is 6.02. The van der Waals surface area contributed by atoms with Crippen LogP contribution in [0.15, 0.2) is 24.3 Å². The summed E-state index contributed by atoms with van der Waals surface area (Å²) in [7, 11) is 2.91. The van der Waals surface area contributed by atoms with Crippen LogP contribution < -0.4 is 4.74 Å². The lowest BCUT2D eigenvalue weighted by atomic mass is 9.63. The van der Waals surface area contributed by atoms with Crippen molar-refractivity contribution in [3.63, 3.8) is 0 Å². The van der Waals surface area contributed by atoms with E-state index in [1.54, 1.807) is 19.2 Å². The molecule has 1 aromatic carbocycles. The van der Waals surface area contributed by atoms with Gasteiger partial charge in [-0.05, 0) is 17.7 Å². The minimum Gasteiger partial charge on any atom is -0.497 e. The summed E-state index contributed by atoms with van der Waals surface area (Å²) in [6.45, 7) is 0. The number of rotatable bonds is 3. The molecule has 0 amide bonds. The van der Waals surface area contributed by atoms with E-state index in [4.69, 9.17) is 9.47 Å². The standard InChI is InChI=1S/C13H14O4/c1-16-11-5-3-4-9(6-11)13(12(15)17-2)7-10(14)8-13/h3-6H,7-8H2,1-2H3. The number of hydrogen-bond acceptors (Lipinski definition) is 4. The molecule has 0 aliphatic heterocycles. The van der Waals surface area contributed by atoms with E-state index in [1.807, 2.05) is 12.1 Å². The number of ketones is 1. The second kappa shape index (κ2) is 4.20. The fourth-order valence-corrected chi connectivity index (χ4v) is 2.20. The maximum Gasteiger partial charge on any atom is 0.317 e. The molecule has 0 aromatic heterocycles. The summed E-state index contributed by atoms with van der Waals surface area (Å²) < 4.78 is 9.92. The molecular weight excluding hydrogens is 220 g/mol. The van der Waals surface area contributed by atoms with Gasteiger partial charge in [0.2, 0.25) is 0 Å². The van der Waals surface area contributed by atoms with Crippen LogP contribution in [0.3, 0.4) is 0 Å².